The Morgan fingerprint density at radius 2 is 2.19 bits per heavy atom. The number of aliphatic carboxylic acids is 1. The van der Waals surface area contributed by atoms with Crippen molar-refractivity contribution in [3.05, 3.63) is 24.0 Å². The molecule has 0 saturated carbocycles. The van der Waals surface area contributed by atoms with Crippen LogP contribution in [-0.4, -0.2) is 31.9 Å². The van der Waals surface area contributed by atoms with Gasteiger partial charge in [0, 0.05) is 18.3 Å². The summed E-state index contributed by atoms with van der Waals surface area (Å²) in [6, 6.07) is 1.19. The summed E-state index contributed by atoms with van der Waals surface area (Å²) in [6.07, 6.45) is 1.13. The number of carboxylic acids is 1. The van der Waals surface area contributed by atoms with Crippen LogP contribution < -0.4 is 11.0 Å². The molecule has 0 aliphatic carbocycles. The normalized spacial score (nSPS) is 13.4. The third-order valence-electron chi connectivity index (χ3n) is 1.88. The standard InChI is InChI=1S/C8H11N2O5P/c9-7(8(11)12)4-5-3-6(1-2-10-5)16(13,14)15/h1-3,7H,4,9H2,(H,11,12)(H2,13,14,15)/t7-/m0/s1. The van der Waals surface area contributed by atoms with Crippen LogP contribution in [0.15, 0.2) is 18.3 Å². The smallest absolute Gasteiger partial charge is 0.356 e. The third kappa shape index (κ3) is 3.39. The first-order valence-electron chi connectivity index (χ1n) is 4.30. The molecule has 0 bridgehead atoms. The van der Waals surface area contributed by atoms with Crippen molar-refractivity contribution in [3.63, 3.8) is 0 Å². The minimum Gasteiger partial charge on any atom is -0.480 e. The van der Waals surface area contributed by atoms with Gasteiger partial charge in [-0.15, -0.1) is 0 Å². The Morgan fingerprint density at radius 1 is 1.56 bits per heavy atom. The Bertz CT molecular complexity index is 444. The lowest BCUT2D eigenvalue weighted by molar-refractivity contribution is -0.138. The maximum absolute atomic E-state index is 10.9. The molecule has 0 aromatic carbocycles. The Hall–Kier alpha value is -1.27. The molecule has 0 spiro atoms. The molecule has 16 heavy (non-hydrogen) atoms. The van der Waals surface area contributed by atoms with E-state index in [4.69, 9.17) is 20.6 Å². The molecule has 0 radical (unpaired) electrons. The van der Waals surface area contributed by atoms with Crippen LogP contribution in [0, 0.1) is 0 Å². The molecule has 0 aliphatic rings. The Balaban J connectivity index is 2.92. The van der Waals surface area contributed by atoms with E-state index in [0.29, 0.717) is 0 Å². The van der Waals surface area contributed by atoms with E-state index in [1.54, 1.807) is 0 Å². The van der Waals surface area contributed by atoms with E-state index in [1.807, 2.05) is 0 Å². The van der Waals surface area contributed by atoms with Gasteiger partial charge in [0.25, 0.3) is 0 Å². The summed E-state index contributed by atoms with van der Waals surface area (Å²) in [4.78, 5) is 32.1. The highest BCUT2D eigenvalue weighted by Gasteiger charge is 2.19. The first-order chi connectivity index (χ1) is 7.30. The van der Waals surface area contributed by atoms with Crippen molar-refractivity contribution < 1.29 is 24.3 Å². The molecule has 1 atom stereocenters. The molecule has 0 saturated heterocycles. The van der Waals surface area contributed by atoms with Crippen LogP contribution in [0.25, 0.3) is 0 Å². The number of nitrogens with two attached hydrogens (primary N) is 1. The zero-order chi connectivity index (χ0) is 12.3. The lowest BCUT2D eigenvalue weighted by Gasteiger charge is -2.08. The summed E-state index contributed by atoms with van der Waals surface area (Å²) < 4.78 is 10.9. The number of aromatic nitrogens is 1. The van der Waals surface area contributed by atoms with Crippen molar-refractivity contribution in [1.82, 2.24) is 4.98 Å². The molecule has 1 rings (SSSR count). The number of hydrogen-bond donors (Lipinski definition) is 4. The summed E-state index contributed by atoms with van der Waals surface area (Å²) in [5.74, 6) is -1.19. The quantitative estimate of drug-likeness (QED) is 0.492. The lowest BCUT2D eigenvalue weighted by Crippen LogP contribution is -2.32. The van der Waals surface area contributed by atoms with Crippen LogP contribution in [0.3, 0.4) is 0 Å². The third-order valence-corrected chi connectivity index (χ3v) is 2.83. The molecule has 0 fully saturated rings. The van der Waals surface area contributed by atoms with Crippen molar-refractivity contribution in [2.45, 2.75) is 12.5 Å². The maximum atomic E-state index is 10.9. The summed E-state index contributed by atoms with van der Waals surface area (Å²) >= 11 is 0. The highest BCUT2D eigenvalue weighted by molar-refractivity contribution is 7.60. The van der Waals surface area contributed by atoms with E-state index in [1.165, 1.54) is 12.3 Å². The second-order valence-electron chi connectivity index (χ2n) is 3.20. The van der Waals surface area contributed by atoms with Crippen molar-refractivity contribution in [2.24, 2.45) is 5.73 Å². The van der Waals surface area contributed by atoms with Crippen molar-refractivity contribution in [2.75, 3.05) is 0 Å². The van der Waals surface area contributed by atoms with Gasteiger partial charge in [0.05, 0.1) is 5.30 Å². The van der Waals surface area contributed by atoms with E-state index in [-0.39, 0.29) is 17.4 Å². The molecule has 7 nitrogen and oxygen atoms in total. The van der Waals surface area contributed by atoms with Crippen LogP contribution in [0.1, 0.15) is 5.69 Å². The van der Waals surface area contributed by atoms with Gasteiger partial charge in [-0.1, -0.05) is 0 Å². The molecule has 1 heterocycles. The van der Waals surface area contributed by atoms with Gasteiger partial charge in [-0.25, -0.2) is 0 Å². The zero-order valence-electron chi connectivity index (χ0n) is 8.15. The zero-order valence-corrected chi connectivity index (χ0v) is 9.04. The Kier molecular flexibility index (Phi) is 3.77. The molecule has 8 heteroatoms. The van der Waals surface area contributed by atoms with Gasteiger partial charge in [0.2, 0.25) is 0 Å². The van der Waals surface area contributed by atoms with Crippen molar-refractivity contribution in [1.29, 1.82) is 0 Å². The van der Waals surface area contributed by atoms with Crippen LogP contribution in [0.4, 0.5) is 0 Å². The molecule has 0 amide bonds. The number of nitrogens with zero attached hydrogens (tertiary/aromatic N) is 1. The first-order valence-corrected chi connectivity index (χ1v) is 5.91. The minimum absolute atomic E-state index is 0.0802. The van der Waals surface area contributed by atoms with Crippen LogP contribution in [-0.2, 0) is 15.8 Å². The van der Waals surface area contributed by atoms with E-state index in [9.17, 15) is 9.36 Å². The topological polar surface area (TPSA) is 134 Å². The average Bonchev–Trinajstić information content (AvgIpc) is 2.16. The maximum Gasteiger partial charge on any atom is 0.356 e. The summed E-state index contributed by atoms with van der Waals surface area (Å²) in [7, 11) is -4.34. The van der Waals surface area contributed by atoms with Crippen molar-refractivity contribution >= 4 is 18.9 Å². The first kappa shape index (κ1) is 12.8. The average molecular weight is 246 g/mol. The predicted molar refractivity (Wildman–Crippen MR) is 55.2 cm³/mol. The highest BCUT2D eigenvalue weighted by Crippen LogP contribution is 2.32. The Labute approximate surface area is 91.1 Å². The van der Waals surface area contributed by atoms with Gasteiger partial charge < -0.3 is 20.6 Å². The highest BCUT2D eigenvalue weighted by atomic mass is 31.2. The molecular weight excluding hydrogens is 235 g/mol. The molecule has 0 unspecified atom stereocenters. The second-order valence-corrected chi connectivity index (χ2v) is 4.80. The molecule has 1 aromatic rings. The summed E-state index contributed by atoms with van der Waals surface area (Å²) in [5.41, 5.74) is 5.51. The predicted octanol–water partition coefficient (Wildman–Crippen LogP) is -1.16. The molecule has 1 aromatic heterocycles. The minimum atomic E-state index is -4.34. The van der Waals surface area contributed by atoms with Crippen LogP contribution in [0.2, 0.25) is 0 Å². The van der Waals surface area contributed by atoms with Gasteiger partial charge in [-0.2, -0.15) is 0 Å². The molecule has 0 aliphatic heterocycles. The van der Waals surface area contributed by atoms with Gasteiger partial charge in [0.1, 0.15) is 6.04 Å². The van der Waals surface area contributed by atoms with Gasteiger partial charge in [-0.05, 0) is 12.1 Å². The number of carbonyl (C=O) groups is 1. The largest absolute Gasteiger partial charge is 0.480 e. The van der Waals surface area contributed by atoms with Gasteiger partial charge in [-0.3, -0.25) is 14.3 Å². The fourth-order valence-corrected chi connectivity index (χ4v) is 1.65. The lowest BCUT2D eigenvalue weighted by atomic mass is 10.1. The fraction of sp³-hybridized carbons (Fsp3) is 0.250. The number of hydrogen-bond acceptors (Lipinski definition) is 4. The monoisotopic (exact) mass is 246 g/mol. The Morgan fingerprint density at radius 3 is 2.69 bits per heavy atom. The summed E-state index contributed by atoms with van der Waals surface area (Å²) in [6.45, 7) is 0. The van der Waals surface area contributed by atoms with Gasteiger partial charge >= 0.3 is 13.6 Å². The second kappa shape index (κ2) is 4.71. The van der Waals surface area contributed by atoms with E-state index < -0.39 is 19.6 Å². The fourth-order valence-electron chi connectivity index (χ4n) is 1.07. The van der Waals surface area contributed by atoms with E-state index in [0.717, 1.165) is 6.07 Å². The van der Waals surface area contributed by atoms with Crippen LogP contribution in [0.5, 0.6) is 0 Å². The van der Waals surface area contributed by atoms with E-state index >= 15 is 0 Å². The molecule has 88 valence electrons. The number of rotatable bonds is 4. The molecule has 5 N–H and O–H groups in total. The van der Waals surface area contributed by atoms with Crippen LogP contribution >= 0.6 is 7.60 Å². The van der Waals surface area contributed by atoms with E-state index in [2.05, 4.69) is 4.98 Å². The van der Waals surface area contributed by atoms with Crippen molar-refractivity contribution in [3.8, 4) is 0 Å². The SMILES string of the molecule is N[C@@H](Cc1cc(P(=O)(O)O)ccn1)C(=O)O. The number of carboxylic acid groups (broad SMARTS) is 1. The van der Waals surface area contributed by atoms with Gasteiger partial charge in [0.15, 0.2) is 0 Å². The summed E-state index contributed by atoms with van der Waals surface area (Å²) in [5, 5.41) is 8.37. The number of pyridine rings is 1. The molecular formula is C8H11N2O5P.